The molecule has 4 rings (SSSR count). The van der Waals surface area contributed by atoms with E-state index >= 15 is 0 Å². The first-order valence-electron chi connectivity index (χ1n) is 5.39. The third-order valence-corrected chi connectivity index (χ3v) is 2.97. The van der Waals surface area contributed by atoms with Crippen molar-refractivity contribution in [3.63, 3.8) is 0 Å². The molecular formula is C13H8N4. The maximum absolute atomic E-state index is 4.43. The zero-order valence-corrected chi connectivity index (χ0v) is 8.91. The van der Waals surface area contributed by atoms with E-state index in [0.29, 0.717) is 0 Å². The van der Waals surface area contributed by atoms with Crippen LogP contribution in [0.1, 0.15) is 0 Å². The summed E-state index contributed by atoms with van der Waals surface area (Å²) in [5, 5.41) is 2.19. The van der Waals surface area contributed by atoms with Crippen molar-refractivity contribution in [2.75, 3.05) is 0 Å². The lowest BCUT2D eigenvalue weighted by Crippen LogP contribution is -1.94. The van der Waals surface area contributed by atoms with Gasteiger partial charge in [0.2, 0.25) is 0 Å². The molecule has 0 N–H and O–H groups in total. The smallest absolute Gasteiger partial charge is 0.165 e. The molecule has 0 saturated carbocycles. The van der Waals surface area contributed by atoms with Crippen molar-refractivity contribution in [1.82, 2.24) is 19.4 Å². The van der Waals surface area contributed by atoms with Crippen molar-refractivity contribution in [1.29, 1.82) is 0 Å². The summed E-state index contributed by atoms with van der Waals surface area (Å²) in [7, 11) is 0. The average molecular weight is 220 g/mol. The first kappa shape index (κ1) is 8.64. The molecule has 17 heavy (non-hydrogen) atoms. The van der Waals surface area contributed by atoms with Gasteiger partial charge in [0.25, 0.3) is 0 Å². The lowest BCUT2D eigenvalue weighted by molar-refractivity contribution is 1.17. The maximum atomic E-state index is 4.43. The molecule has 0 aliphatic carbocycles. The number of hydrogen-bond donors (Lipinski definition) is 0. The van der Waals surface area contributed by atoms with E-state index in [9.17, 15) is 0 Å². The SMILES string of the molecule is c1ccc2c(c1)c1nccnc1n1ccnc21. The second kappa shape index (κ2) is 3.01. The topological polar surface area (TPSA) is 43.1 Å². The van der Waals surface area contributed by atoms with Crippen molar-refractivity contribution in [3.8, 4) is 0 Å². The van der Waals surface area contributed by atoms with Crippen LogP contribution in [0.2, 0.25) is 0 Å². The Morgan fingerprint density at radius 1 is 0.765 bits per heavy atom. The zero-order valence-electron chi connectivity index (χ0n) is 8.91. The molecule has 3 heterocycles. The van der Waals surface area contributed by atoms with Crippen LogP contribution in [0.5, 0.6) is 0 Å². The van der Waals surface area contributed by atoms with Gasteiger partial charge in [0.05, 0.1) is 0 Å². The lowest BCUT2D eigenvalue weighted by atomic mass is 10.1. The minimum atomic E-state index is 0.846. The zero-order chi connectivity index (χ0) is 11.2. The Bertz CT molecular complexity index is 778. The minimum Gasteiger partial charge on any atom is -0.282 e. The summed E-state index contributed by atoms with van der Waals surface area (Å²) in [5.74, 6) is 0. The predicted octanol–water partition coefficient (Wildman–Crippen LogP) is 2.43. The van der Waals surface area contributed by atoms with E-state index in [2.05, 4.69) is 27.1 Å². The number of benzene rings is 1. The predicted molar refractivity (Wildman–Crippen MR) is 65.8 cm³/mol. The van der Waals surface area contributed by atoms with Crippen LogP contribution in [0, 0.1) is 0 Å². The third kappa shape index (κ3) is 1.04. The molecule has 0 atom stereocenters. The fourth-order valence-corrected chi connectivity index (χ4v) is 2.26. The monoisotopic (exact) mass is 220 g/mol. The van der Waals surface area contributed by atoms with Gasteiger partial charge in [-0.25, -0.2) is 9.97 Å². The van der Waals surface area contributed by atoms with Crippen LogP contribution in [0.15, 0.2) is 49.1 Å². The van der Waals surface area contributed by atoms with E-state index in [0.717, 1.165) is 27.6 Å². The maximum Gasteiger partial charge on any atom is 0.165 e. The minimum absolute atomic E-state index is 0.846. The molecule has 0 radical (unpaired) electrons. The first-order valence-corrected chi connectivity index (χ1v) is 5.39. The van der Waals surface area contributed by atoms with E-state index in [-0.39, 0.29) is 0 Å². The summed E-state index contributed by atoms with van der Waals surface area (Å²) in [6, 6.07) is 8.14. The highest BCUT2D eigenvalue weighted by molar-refractivity contribution is 6.08. The molecule has 0 amide bonds. The fraction of sp³-hybridized carbons (Fsp3) is 0. The van der Waals surface area contributed by atoms with Gasteiger partial charge in [0, 0.05) is 35.6 Å². The lowest BCUT2D eigenvalue weighted by Gasteiger charge is -2.05. The Balaban J connectivity index is 2.48. The highest BCUT2D eigenvalue weighted by atomic mass is 15.0. The highest BCUT2D eigenvalue weighted by Gasteiger charge is 2.09. The fourth-order valence-electron chi connectivity index (χ4n) is 2.26. The van der Waals surface area contributed by atoms with E-state index in [1.165, 1.54) is 0 Å². The summed E-state index contributed by atoms with van der Waals surface area (Å²) in [6.07, 6.45) is 7.13. The summed E-state index contributed by atoms with van der Waals surface area (Å²) >= 11 is 0. The van der Waals surface area contributed by atoms with Crippen molar-refractivity contribution < 1.29 is 0 Å². The standard InChI is InChI=1S/C13H8N4/c1-2-4-10-9(3-1)11-13(15-6-5-14-11)17-8-7-16-12(10)17/h1-8H. The number of hydrogen-bond acceptors (Lipinski definition) is 3. The number of rotatable bonds is 0. The van der Waals surface area contributed by atoms with Crippen LogP contribution in [0.25, 0.3) is 27.6 Å². The van der Waals surface area contributed by atoms with E-state index < -0.39 is 0 Å². The van der Waals surface area contributed by atoms with Crippen LogP contribution in [-0.4, -0.2) is 19.4 Å². The normalized spacial score (nSPS) is 11.5. The van der Waals surface area contributed by atoms with Gasteiger partial charge in [0.1, 0.15) is 11.2 Å². The second-order valence-corrected chi connectivity index (χ2v) is 3.89. The average Bonchev–Trinajstić information content (AvgIpc) is 2.89. The summed E-state index contributed by atoms with van der Waals surface area (Å²) in [5.41, 5.74) is 2.68. The molecule has 3 aromatic heterocycles. The molecule has 4 heteroatoms. The number of aromatic nitrogens is 4. The summed E-state index contributed by atoms with van der Waals surface area (Å²) in [6.45, 7) is 0. The molecule has 0 aliphatic rings. The quantitative estimate of drug-likeness (QED) is 0.427. The molecular weight excluding hydrogens is 212 g/mol. The van der Waals surface area contributed by atoms with Crippen molar-refractivity contribution in [2.24, 2.45) is 0 Å². The van der Waals surface area contributed by atoms with Crippen LogP contribution < -0.4 is 0 Å². The molecule has 4 nitrogen and oxygen atoms in total. The van der Waals surface area contributed by atoms with Crippen molar-refractivity contribution in [3.05, 3.63) is 49.1 Å². The highest BCUT2D eigenvalue weighted by Crippen LogP contribution is 2.25. The van der Waals surface area contributed by atoms with Gasteiger partial charge in [0.15, 0.2) is 5.65 Å². The largest absolute Gasteiger partial charge is 0.282 e. The molecule has 0 fully saturated rings. The van der Waals surface area contributed by atoms with Gasteiger partial charge in [-0.05, 0) is 0 Å². The number of nitrogens with zero attached hydrogens (tertiary/aromatic N) is 4. The Morgan fingerprint density at radius 2 is 1.53 bits per heavy atom. The van der Waals surface area contributed by atoms with Gasteiger partial charge < -0.3 is 0 Å². The Morgan fingerprint density at radius 3 is 2.47 bits per heavy atom. The van der Waals surface area contributed by atoms with Gasteiger partial charge in [-0.15, -0.1) is 0 Å². The van der Waals surface area contributed by atoms with Gasteiger partial charge in [-0.1, -0.05) is 24.3 Å². The van der Waals surface area contributed by atoms with E-state index in [4.69, 9.17) is 0 Å². The van der Waals surface area contributed by atoms with Gasteiger partial charge in [-0.2, -0.15) is 0 Å². The van der Waals surface area contributed by atoms with Crippen molar-refractivity contribution in [2.45, 2.75) is 0 Å². The Labute approximate surface area is 96.6 Å². The van der Waals surface area contributed by atoms with Crippen LogP contribution in [0.3, 0.4) is 0 Å². The second-order valence-electron chi connectivity index (χ2n) is 3.89. The molecule has 80 valence electrons. The Kier molecular flexibility index (Phi) is 1.53. The van der Waals surface area contributed by atoms with Crippen molar-refractivity contribution >= 4 is 27.6 Å². The van der Waals surface area contributed by atoms with Crippen LogP contribution in [-0.2, 0) is 0 Å². The van der Waals surface area contributed by atoms with E-state index in [1.54, 1.807) is 18.6 Å². The molecule has 0 saturated heterocycles. The van der Waals surface area contributed by atoms with Crippen LogP contribution in [0.4, 0.5) is 0 Å². The molecule has 0 unspecified atom stereocenters. The number of fused-ring (bicyclic) bond motifs is 6. The van der Waals surface area contributed by atoms with Gasteiger partial charge in [-0.3, -0.25) is 9.38 Å². The molecule has 4 aromatic rings. The number of pyridine rings is 1. The molecule has 1 aromatic carbocycles. The summed E-state index contributed by atoms with van der Waals surface area (Å²) in [4.78, 5) is 13.2. The molecule has 0 bridgehead atoms. The van der Waals surface area contributed by atoms with E-state index in [1.807, 2.05) is 22.7 Å². The molecule has 0 spiro atoms. The third-order valence-electron chi connectivity index (χ3n) is 2.97. The van der Waals surface area contributed by atoms with Crippen LogP contribution >= 0.6 is 0 Å². The Hall–Kier alpha value is -2.49. The summed E-state index contributed by atoms with van der Waals surface area (Å²) < 4.78 is 1.98. The molecule has 0 aliphatic heterocycles. The van der Waals surface area contributed by atoms with Gasteiger partial charge >= 0.3 is 0 Å². The number of imidazole rings is 1. The first-order chi connectivity index (χ1) is 8.45.